The van der Waals surface area contributed by atoms with Crippen molar-refractivity contribution in [1.82, 2.24) is 10.3 Å². The maximum absolute atomic E-state index is 12.4. The summed E-state index contributed by atoms with van der Waals surface area (Å²) in [6, 6.07) is 6.02. The molecule has 2 aromatic rings. The number of amides is 1. The molecule has 0 radical (unpaired) electrons. The van der Waals surface area contributed by atoms with Crippen LogP contribution >= 0.6 is 0 Å². The van der Waals surface area contributed by atoms with Gasteiger partial charge in [-0.15, -0.1) is 0 Å². The summed E-state index contributed by atoms with van der Waals surface area (Å²) in [4.78, 5) is 15.8. The van der Waals surface area contributed by atoms with Gasteiger partial charge in [0.25, 0.3) is 5.91 Å². The number of carbonyl (C=O) groups excluding carboxylic acids is 1. The number of benzene rings is 1. The van der Waals surface area contributed by atoms with E-state index in [9.17, 15) is 4.79 Å². The van der Waals surface area contributed by atoms with Crippen LogP contribution in [0.1, 0.15) is 47.3 Å². The van der Waals surface area contributed by atoms with E-state index < -0.39 is 0 Å². The predicted molar refractivity (Wildman–Crippen MR) is 85.5 cm³/mol. The SMILES string of the molecule is Cc1[nH]c2ccc(C(=O)N[C@@H]3CCCC[C@H]3N)cc2c1C. The molecule has 0 saturated heterocycles. The standard InChI is InChI=1S/C17H23N3O/c1-10-11(2)19-15-8-7-12(9-13(10)15)17(21)20-16-6-4-3-5-14(16)18/h7-9,14,16,19H,3-6,18H2,1-2H3,(H,20,21)/t14-,16-/m1/s1. The van der Waals surface area contributed by atoms with E-state index in [-0.39, 0.29) is 18.0 Å². The molecule has 3 rings (SSSR count). The van der Waals surface area contributed by atoms with Gasteiger partial charge in [0, 0.05) is 34.2 Å². The van der Waals surface area contributed by atoms with Gasteiger partial charge in [-0.3, -0.25) is 4.79 Å². The minimum atomic E-state index is -0.0162. The number of aromatic nitrogens is 1. The molecule has 112 valence electrons. The topological polar surface area (TPSA) is 70.9 Å². The molecule has 1 aromatic carbocycles. The molecule has 2 atom stereocenters. The van der Waals surface area contributed by atoms with Crippen LogP contribution in [0.2, 0.25) is 0 Å². The monoisotopic (exact) mass is 285 g/mol. The van der Waals surface area contributed by atoms with Crippen molar-refractivity contribution in [2.75, 3.05) is 0 Å². The van der Waals surface area contributed by atoms with E-state index in [2.05, 4.69) is 24.1 Å². The number of nitrogens with one attached hydrogen (secondary N) is 2. The van der Waals surface area contributed by atoms with E-state index in [0.717, 1.165) is 35.9 Å². The summed E-state index contributed by atoms with van der Waals surface area (Å²) in [6.45, 7) is 4.13. The van der Waals surface area contributed by atoms with E-state index in [4.69, 9.17) is 5.73 Å². The van der Waals surface area contributed by atoms with E-state index >= 15 is 0 Å². The van der Waals surface area contributed by atoms with Crippen molar-refractivity contribution in [2.24, 2.45) is 5.73 Å². The molecule has 1 saturated carbocycles. The van der Waals surface area contributed by atoms with Gasteiger partial charge in [-0.25, -0.2) is 0 Å². The number of fused-ring (bicyclic) bond motifs is 1. The Morgan fingerprint density at radius 2 is 2.05 bits per heavy atom. The molecule has 4 heteroatoms. The molecule has 0 aliphatic heterocycles. The van der Waals surface area contributed by atoms with Crippen LogP contribution < -0.4 is 11.1 Å². The Kier molecular flexibility index (Phi) is 3.72. The number of nitrogens with two attached hydrogens (primary N) is 1. The lowest BCUT2D eigenvalue weighted by molar-refractivity contribution is 0.0921. The second kappa shape index (κ2) is 5.53. The number of H-pyrrole nitrogens is 1. The second-order valence-corrected chi connectivity index (χ2v) is 6.16. The summed E-state index contributed by atoms with van der Waals surface area (Å²) in [5.41, 5.74) is 10.2. The molecule has 1 aliphatic carbocycles. The highest BCUT2D eigenvalue weighted by Crippen LogP contribution is 2.23. The van der Waals surface area contributed by atoms with E-state index in [1.165, 1.54) is 12.0 Å². The van der Waals surface area contributed by atoms with E-state index in [1.807, 2.05) is 18.2 Å². The van der Waals surface area contributed by atoms with Crippen LogP contribution in [-0.2, 0) is 0 Å². The van der Waals surface area contributed by atoms with Gasteiger partial charge in [-0.2, -0.15) is 0 Å². The summed E-state index contributed by atoms with van der Waals surface area (Å²) in [5.74, 6) is -0.0162. The van der Waals surface area contributed by atoms with Crippen LogP contribution in [0.4, 0.5) is 0 Å². The van der Waals surface area contributed by atoms with Crippen LogP contribution in [0, 0.1) is 13.8 Å². The van der Waals surface area contributed by atoms with Crippen LogP contribution in [0.5, 0.6) is 0 Å². The number of hydrogen-bond acceptors (Lipinski definition) is 2. The zero-order valence-electron chi connectivity index (χ0n) is 12.7. The minimum Gasteiger partial charge on any atom is -0.358 e. The van der Waals surface area contributed by atoms with E-state index in [0.29, 0.717) is 5.56 Å². The summed E-state index contributed by atoms with van der Waals surface area (Å²) >= 11 is 0. The number of rotatable bonds is 2. The number of hydrogen-bond donors (Lipinski definition) is 3. The molecule has 4 N–H and O–H groups in total. The lowest BCUT2D eigenvalue weighted by Gasteiger charge is -2.29. The maximum atomic E-state index is 12.4. The molecule has 1 heterocycles. The summed E-state index contributed by atoms with van der Waals surface area (Å²) in [5, 5.41) is 4.22. The van der Waals surface area contributed by atoms with Gasteiger partial charge in [0.15, 0.2) is 0 Å². The van der Waals surface area contributed by atoms with Crippen molar-refractivity contribution >= 4 is 16.8 Å². The maximum Gasteiger partial charge on any atom is 0.251 e. The Balaban J connectivity index is 1.82. The third kappa shape index (κ3) is 2.68. The van der Waals surface area contributed by atoms with Crippen LogP contribution in [0.25, 0.3) is 10.9 Å². The Hall–Kier alpha value is -1.81. The molecule has 1 fully saturated rings. The van der Waals surface area contributed by atoms with Gasteiger partial charge in [0.1, 0.15) is 0 Å². The van der Waals surface area contributed by atoms with Crippen molar-refractivity contribution in [3.63, 3.8) is 0 Å². The van der Waals surface area contributed by atoms with Crippen LogP contribution in [0.15, 0.2) is 18.2 Å². The van der Waals surface area contributed by atoms with Crippen LogP contribution in [0.3, 0.4) is 0 Å². The Labute approximate surface area is 125 Å². The van der Waals surface area contributed by atoms with Gasteiger partial charge in [-0.1, -0.05) is 12.8 Å². The smallest absolute Gasteiger partial charge is 0.251 e. The molecule has 21 heavy (non-hydrogen) atoms. The Morgan fingerprint density at radius 3 is 2.81 bits per heavy atom. The normalized spacial score (nSPS) is 22.4. The predicted octanol–water partition coefficient (Wildman–Crippen LogP) is 2.78. The second-order valence-electron chi connectivity index (χ2n) is 6.16. The molecule has 1 aromatic heterocycles. The van der Waals surface area contributed by atoms with Gasteiger partial charge in [0.2, 0.25) is 0 Å². The first-order valence-corrected chi connectivity index (χ1v) is 7.71. The van der Waals surface area contributed by atoms with Crippen molar-refractivity contribution in [2.45, 2.75) is 51.6 Å². The third-order valence-corrected chi connectivity index (χ3v) is 4.71. The van der Waals surface area contributed by atoms with Crippen molar-refractivity contribution in [3.05, 3.63) is 35.0 Å². The molecule has 0 spiro atoms. The Morgan fingerprint density at radius 1 is 1.29 bits per heavy atom. The fourth-order valence-electron chi connectivity index (χ4n) is 3.19. The zero-order chi connectivity index (χ0) is 15.0. The molecule has 0 unspecified atom stereocenters. The molecular formula is C17H23N3O. The summed E-state index contributed by atoms with van der Waals surface area (Å²) < 4.78 is 0. The fraction of sp³-hybridized carbons (Fsp3) is 0.471. The largest absolute Gasteiger partial charge is 0.358 e. The third-order valence-electron chi connectivity index (χ3n) is 4.71. The summed E-state index contributed by atoms with van der Waals surface area (Å²) in [6.07, 6.45) is 4.30. The number of aryl methyl sites for hydroxylation is 2. The van der Waals surface area contributed by atoms with Gasteiger partial charge in [0.05, 0.1) is 0 Å². The quantitative estimate of drug-likeness (QED) is 0.794. The lowest BCUT2D eigenvalue weighted by Crippen LogP contribution is -2.49. The molecule has 1 amide bonds. The summed E-state index contributed by atoms with van der Waals surface area (Å²) in [7, 11) is 0. The van der Waals surface area contributed by atoms with Gasteiger partial charge >= 0.3 is 0 Å². The first kappa shape index (κ1) is 14.1. The minimum absolute atomic E-state index is 0.0162. The highest BCUT2D eigenvalue weighted by Gasteiger charge is 2.23. The first-order chi connectivity index (χ1) is 10.1. The highest BCUT2D eigenvalue weighted by molar-refractivity contribution is 5.99. The van der Waals surface area contributed by atoms with Gasteiger partial charge in [-0.05, 0) is 50.5 Å². The Bertz CT molecular complexity index is 674. The highest BCUT2D eigenvalue weighted by atomic mass is 16.1. The number of carbonyl (C=O) groups is 1. The molecular weight excluding hydrogens is 262 g/mol. The lowest BCUT2D eigenvalue weighted by atomic mass is 9.91. The number of aromatic amines is 1. The molecule has 4 nitrogen and oxygen atoms in total. The van der Waals surface area contributed by atoms with Crippen molar-refractivity contribution in [1.29, 1.82) is 0 Å². The molecule has 0 bridgehead atoms. The molecule has 1 aliphatic rings. The van der Waals surface area contributed by atoms with Crippen molar-refractivity contribution < 1.29 is 4.79 Å². The first-order valence-electron chi connectivity index (χ1n) is 7.71. The van der Waals surface area contributed by atoms with E-state index in [1.54, 1.807) is 0 Å². The fourth-order valence-corrected chi connectivity index (χ4v) is 3.19. The average molecular weight is 285 g/mol. The van der Waals surface area contributed by atoms with Crippen LogP contribution in [-0.4, -0.2) is 23.0 Å². The average Bonchev–Trinajstić information content (AvgIpc) is 2.76. The van der Waals surface area contributed by atoms with Gasteiger partial charge < -0.3 is 16.0 Å². The zero-order valence-corrected chi connectivity index (χ0v) is 12.7. The van der Waals surface area contributed by atoms with Crippen molar-refractivity contribution in [3.8, 4) is 0 Å².